The van der Waals surface area contributed by atoms with Crippen molar-refractivity contribution in [3.63, 3.8) is 0 Å². The largest absolute Gasteiger partial charge is 0.139 e. The highest BCUT2D eigenvalue weighted by Gasteiger charge is 2.16. The van der Waals surface area contributed by atoms with Gasteiger partial charge in [0.25, 0.3) is 0 Å². The maximum absolute atomic E-state index is 3.91. The first-order chi connectivity index (χ1) is 10.3. The Morgan fingerprint density at radius 1 is 0.905 bits per heavy atom. The predicted molar refractivity (Wildman–Crippen MR) is 95.7 cm³/mol. The summed E-state index contributed by atoms with van der Waals surface area (Å²) in [5.74, 6) is 0. The van der Waals surface area contributed by atoms with E-state index in [0.717, 1.165) is 0 Å². The van der Waals surface area contributed by atoms with Gasteiger partial charge in [-0.3, -0.25) is 0 Å². The summed E-state index contributed by atoms with van der Waals surface area (Å²) in [4.78, 5) is 1.70. The number of halogens is 1. The van der Waals surface area contributed by atoms with E-state index < -0.39 is 0 Å². The molecule has 0 nitrogen and oxygen atoms in total. The van der Waals surface area contributed by atoms with Gasteiger partial charge in [0.1, 0.15) is 0 Å². The topological polar surface area (TPSA) is 0 Å². The minimum atomic E-state index is 0.308. The molecule has 0 spiro atoms. The molecule has 2 aromatic carbocycles. The van der Waals surface area contributed by atoms with E-state index in [-0.39, 0.29) is 0 Å². The third-order valence-electron chi connectivity index (χ3n) is 4.36. The van der Waals surface area contributed by atoms with E-state index in [0.29, 0.717) is 4.83 Å². The van der Waals surface area contributed by atoms with Crippen LogP contribution < -0.4 is 0 Å². The Morgan fingerprint density at radius 2 is 1.71 bits per heavy atom. The number of benzene rings is 2. The van der Waals surface area contributed by atoms with E-state index in [1.807, 2.05) is 11.3 Å². The average molecular weight is 357 g/mol. The van der Waals surface area contributed by atoms with E-state index >= 15 is 0 Å². The maximum Gasteiger partial charge on any atom is 0.0738 e. The van der Waals surface area contributed by atoms with Crippen molar-refractivity contribution >= 4 is 37.4 Å². The van der Waals surface area contributed by atoms with Gasteiger partial charge in [0.2, 0.25) is 0 Å². The minimum absolute atomic E-state index is 0.308. The van der Waals surface area contributed by atoms with Crippen LogP contribution in [0.4, 0.5) is 0 Å². The quantitative estimate of drug-likeness (QED) is 0.475. The lowest BCUT2D eigenvalue weighted by Crippen LogP contribution is -2.03. The van der Waals surface area contributed by atoms with Crippen molar-refractivity contribution in [3.8, 4) is 0 Å². The molecule has 1 heterocycles. The van der Waals surface area contributed by atoms with E-state index in [1.54, 1.807) is 11.1 Å². The molecule has 21 heavy (non-hydrogen) atoms. The van der Waals surface area contributed by atoms with Crippen LogP contribution in [0.5, 0.6) is 0 Å². The number of aryl methyl sites for hydroxylation is 2. The Morgan fingerprint density at radius 3 is 2.57 bits per heavy atom. The monoisotopic (exact) mass is 356 g/mol. The smallest absolute Gasteiger partial charge is 0.0738 e. The highest BCUT2D eigenvalue weighted by molar-refractivity contribution is 9.09. The molecule has 0 amide bonds. The van der Waals surface area contributed by atoms with Crippen LogP contribution >= 0.6 is 27.3 Å². The molecule has 0 bridgehead atoms. The summed E-state index contributed by atoms with van der Waals surface area (Å²) in [7, 11) is 0. The highest BCUT2D eigenvalue weighted by atomic mass is 79.9. The number of thiophene rings is 1. The maximum atomic E-state index is 3.91. The Kier molecular flexibility index (Phi) is 3.60. The van der Waals surface area contributed by atoms with Crippen molar-refractivity contribution < 1.29 is 0 Å². The van der Waals surface area contributed by atoms with E-state index in [4.69, 9.17) is 0 Å². The molecular weight excluding hydrogens is 340 g/mol. The molecule has 1 aliphatic rings. The third kappa shape index (κ3) is 2.56. The lowest BCUT2D eigenvalue weighted by Gasteiger charge is -2.18. The Labute approximate surface area is 137 Å². The van der Waals surface area contributed by atoms with E-state index in [2.05, 4.69) is 64.5 Å². The Balaban J connectivity index is 1.71. The van der Waals surface area contributed by atoms with Crippen LogP contribution in [0.2, 0.25) is 0 Å². The first kappa shape index (κ1) is 13.5. The Bertz CT molecular complexity index is 754. The minimum Gasteiger partial charge on any atom is -0.139 e. The number of fused-ring (bicyclic) bond motifs is 2. The zero-order valence-corrected chi connectivity index (χ0v) is 14.2. The molecular formula is C19H17BrS. The highest BCUT2D eigenvalue weighted by Crippen LogP contribution is 2.39. The normalized spacial score (nSPS) is 15.9. The first-order valence-corrected chi connectivity index (χ1v) is 9.29. The van der Waals surface area contributed by atoms with E-state index in [1.165, 1.54) is 46.2 Å². The van der Waals surface area contributed by atoms with Gasteiger partial charge in [-0.05, 0) is 59.9 Å². The molecule has 0 aliphatic heterocycles. The Hall–Kier alpha value is -1.12. The second-order valence-electron chi connectivity index (χ2n) is 5.78. The standard InChI is InChI=1S/C19H17BrS/c20-19(18-12-15-7-3-4-8-17(15)21-18)16-10-9-13-5-1-2-6-14(13)11-16/h3-4,7-12,19H,1-2,5-6H2. The number of hydrogen-bond acceptors (Lipinski definition) is 1. The number of rotatable bonds is 2. The van der Waals surface area contributed by atoms with Crippen LogP contribution in [-0.2, 0) is 12.8 Å². The van der Waals surface area contributed by atoms with E-state index in [9.17, 15) is 0 Å². The van der Waals surface area contributed by atoms with Crippen molar-refractivity contribution in [1.82, 2.24) is 0 Å². The summed E-state index contributed by atoms with van der Waals surface area (Å²) < 4.78 is 1.37. The molecule has 4 rings (SSSR count). The van der Waals surface area contributed by atoms with Crippen LogP contribution in [0, 0.1) is 0 Å². The van der Waals surface area contributed by atoms with Gasteiger partial charge in [-0.2, -0.15) is 0 Å². The van der Waals surface area contributed by atoms with Crippen LogP contribution in [0.25, 0.3) is 10.1 Å². The molecule has 0 fully saturated rings. The van der Waals surface area contributed by atoms with Gasteiger partial charge in [0, 0.05) is 9.58 Å². The summed E-state index contributed by atoms with van der Waals surface area (Å²) in [6.07, 6.45) is 5.19. The summed E-state index contributed by atoms with van der Waals surface area (Å²) in [5.41, 5.74) is 4.51. The molecule has 0 saturated heterocycles. The average Bonchev–Trinajstić information content (AvgIpc) is 2.97. The van der Waals surface area contributed by atoms with Crippen LogP contribution in [0.1, 0.15) is 39.2 Å². The summed E-state index contributed by atoms with van der Waals surface area (Å²) >= 11 is 5.80. The van der Waals surface area contributed by atoms with Gasteiger partial charge in [0.05, 0.1) is 4.83 Å². The fraction of sp³-hybridized carbons (Fsp3) is 0.263. The zero-order chi connectivity index (χ0) is 14.2. The van der Waals surface area contributed by atoms with Crippen molar-refractivity contribution in [3.05, 3.63) is 70.1 Å². The first-order valence-electron chi connectivity index (χ1n) is 7.55. The third-order valence-corrected chi connectivity index (χ3v) is 6.87. The van der Waals surface area contributed by atoms with Gasteiger partial charge in [-0.25, -0.2) is 0 Å². The lowest BCUT2D eigenvalue weighted by molar-refractivity contribution is 0.684. The molecule has 0 N–H and O–H groups in total. The fourth-order valence-electron chi connectivity index (χ4n) is 3.20. The van der Waals surface area contributed by atoms with Gasteiger partial charge < -0.3 is 0 Å². The van der Waals surface area contributed by atoms with Gasteiger partial charge in [0.15, 0.2) is 0 Å². The van der Waals surface area contributed by atoms with Gasteiger partial charge in [-0.1, -0.05) is 52.3 Å². The van der Waals surface area contributed by atoms with Gasteiger partial charge >= 0.3 is 0 Å². The van der Waals surface area contributed by atoms with Gasteiger partial charge in [-0.15, -0.1) is 11.3 Å². The molecule has 106 valence electrons. The van der Waals surface area contributed by atoms with Crippen molar-refractivity contribution in [2.75, 3.05) is 0 Å². The number of alkyl halides is 1. The summed E-state index contributed by atoms with van der Waals surface area (Å²) in [6.45, 7) is 0. The summed E-state index contributed by atoms with van der Waals surface area (Å²) in [5, 5.41) is 1.35. The molecule has 1 aromatic heterocycles. The zero-order valence-electron chi connectivity index (χ0n) is 11.8. The second kappa shape index (κ2) is 5.58. The van der Waals surface area contributed by atoms with Crippen molar-refractivity contribution in [2.45, 2.75) is 30.5 Å². The summed E-state index contributed by atoms with van der Waals surface area (Å²) in [6, 6.07) is 18.0. The SMILES string of the molecule is BrC(c1ccc2c(c1)CCCC2)c1cc2ccccc2s1. The molecule has 0 radical (unpaired) electrons. The van der Waals surface area contributed by atoms with Crippen LogP contribution in [0.15, 0.2) is 48.5 Å². The second-order valence-corrected chi connectivity index (χ2v) is 7.82. The molecule has 0 saturated carbocycles. The molecule has 1 aliphatic carbocycles. The van der Waals surface area contributed by atoms with Crippen LogP contribution in [0.3, 0.4) is 0 Å². The molecule has 2 heteroatoms. The van der Waals surface area contributed by atoms with Crippen molar-refractivity contribution in [1.29, 1.82) is 0 Å². The number of hydrogen-bond donors (Lipinski definition) is 0. The molecule has 1 unspecified atom stereocenters. The predicted octanol–water partition coefficient (Wildman–Crippen LogP) is 6.26. The van der Waals surface area contributed by atoms with Crippen LogP contribution in [-0.4, -0.2) is 0 Å². The molecule has 3 aromatic rings. The lowest BCUT2D eigenvalue weighted by atomic mass is 9.90. The van der Waals surface area contributed by atoms with Crippen molar-refractivity contribution in [2.24, 2.45) is 0 Å². The molecule has 1 atom stereocenters. The fourth-order valence-corrected chi connectivity index (χ4v) is 4.97.